The molecule has 5 rings (SSSR count). The Labute approximate surface area is 202 Å². The molecule has 9 heteroatoms. The third kappa shape index (κ3) is 4.28. The Hall–Kier alpha value is -3.69. The molecule has 0 saturated carbocycles. The van der Waals surface area contributed by atoms with Crippen LogP contribution >= 0.6 is 0 Å². The van der Waals surface area contributed by atoms with E-state index in [9.17, 15) is 19.8 Å². The number of aliphatic hydroxyl groups excluding tert-OH is 1. The van der Waals surface area contributed by atoms with Crippen LogP contribution in [0.3, 0.4) is 0 Å². The van der Waals surface area contributed by atoms with E-state index in [0.717, 1.165) is 19.6 Å². The monoisotopic (exact) mass is 476 g/mol. The Morgan fingerprint density at radius 2 is 1.91 bits per heavy atom. The highest BCUT2D eigenvalue weighted by atomic mass is 16.5. The SMILES string of the molecule is Cc1nc2ccccn2c1/C(O)=C1\C(=O)C(=O)N(CCCN2CCOCC2)C1c1cccc(O)c1. The zero-order chi connectivity index (χ0) is 24.5. The number of hydrogen-bond donors (Lipinski definition) is 2. The second kappa shape index (κ2) is 9.52. The molecule has 0 bridgehead atoms. The van der Waals surface area contributed by atoms with E-state index < -0.39 is 17.7 Å². The van der Waals surface area contributed by atoms with Crippen LogP contribution in [0.5, 0.6) is 5.75 Å². The molecule has 2 aliphatic rings. The first-order chi connectivity index (χ1) is 17.0. The Kier molecular flexibility index (Phi) is 6.27. The second-order valence-corrected chi connectivity index (χ2v) is 8.87. The first-order valence-electron chi connectivity index (χ1n) is 11.8. The zero-order valence-corrected chi connectivity index (χ0v) is 19.6. The molecule has 4 heterocycles. The highest BCUT2D eigenvalue weighted by Gasteiger charge is 2.46. The molecule has 0 aliphatic carbocycles. The van der Waals surface area contributed by atoms with Crippen LogP contribution in [-0.2, 0) is 14.3 Å². The van der Waals surface area contributed by atoms with Crippen LogP contribution in [-0.4, -0.2) is 80.5 Å². The normalized spacial score (nSPS) is 20.7. The number of likely N-dealkylation sites (tertiary alicyclic amines) is 1. The van der Waals surface area contributed by atoms with Crippen molar-refractivity contribution in [3.63, 3.8) is 0 Å². The maximum absolute atomic E-state index is 13.3. The molecule has 1 unspecified atom stereocenters. The molecule has 0 spiro atoms. The minimum absolute atomic E-state index is 0.000672. The number of phenolic OH excluding ortho intramolecular Hbond substituents is 1. The number of aliphatic hydroxyl groups is 1. The molecule has 1 amide bonds. The number of carbonyl (C=O) groups excluding carboxylic acids is 2. The molecule has 2 saturated heterocycles. The van der Waals surface area contributed by atoms with Crippen molar-refractivity contribution in [1.29, 1.82) is 0 Å². The van der Waals surface area contributed by atoms with Crippen LogP contribution in [0.25, 0.3) is 11.4 Å². The van der Waals surface area contributed by atoms with Gasteiger partial charge < -0.3 is 19.8 Å². The number of amides is 1. The third-order valence-corrected chi connectivity index (χ3v) is 6.63. The van der Waals surface area contributed by atoms with E-state index in [-0.39, 0.29) is 17.1 Å². The first-order valence-corrected chi connectivity index (χ1v) is 11.8. The van der Waals surface area contributed by atoms with Crippen LogP contribution in [0.2, 0.25) is 0 Å². The summed E-state index contributed by atoms with van der Waals surface area (Å²) < 4.78 is 7.10. The van der Waals surface area contributed by atoms with Crippen molar-refractivity contribution >= 4 is 23.1 Å². The van der Waals surface area contributed by atoms with Gasteiger partial charge in [0, 0.05) is 32.4 Å². The standard InChI is InChI=1S/C26H28N4O5/c1-17-22(29-10-3-2-8-20(29)27-17)24(32)21-23(18-6-4-7-19(31)16-18)30(26(34)25(21)33)11-5-9-28-12-14-35-15-13-28/h2-4,6-8,10,16,23,31-32H,5,9,11-15H2,1H3/b24-21+. The van der Waals surface area contributed by atoms with Gasteiger partial charge in [-0.1, -0.05) is 18.2 Å². The predicted molar refractivity (Wildman–Crippen MR) is 129 cm³/mol. The van der Waals surface area contributed by atoms with Crippen LogP contribution < -0.4 is 0 Å². The van der Waals surface area contributed by atoms with Crippen molar-refractivity contribution in [1.82, 2.24) is 19.2 Å². The van der Waals surface area contributed by atoms with Gasteiger partial charge in [0.2, 0.25) is 0 Å². The van der Waals surface area contributed by atoms with Crippen molar-refractivity contribution in [3.05, 3.63) is 71.2 Å². The molecule has 3 aromatic rings. The van der Waals surface area contributed by atoms with E-state index in [0.29, 0.717) is 48.8 Å². The number of hydrogen-bond acceptors (Lipinski definition) is 7. The quantitative estimate of drug-likeness (QED) is 0.320. The van der Waals surface area contributed by atoms with Gasteiger partial charge in [-0.2, -0.15) is 0 Å². The molecule has 0 radical (unpaired) electrons. The second-order valence-electron chi connectivity index (χ2n) is 8.87. The fraction of sp³-hybridized carbons (Fsp3) is 0.346. The number of imidazole rings is 1. The van der Waals surface area contributed by atoms with Crippen molar-refractivity contribution in [2.24, 2.45) is 0 Å². The lowest BCUT2D eigenvalue weighted by Crippen LogP contribution is -2.38. The number of fused-ring (bicyclic) bond motifs is 1. The maximum Gasteiger partial charge on any atom is 0.295 e. The maximum atomic E-state index is 13.3. The Balaban J connectivity index is 1.55. The number of rotatable bonds is 6. The Morgan fingerprint density at radius 3 is 2.69 bits per heavy atom. The number of benzene rings is 1. The first kappa shape index (κ1) is 23.1. The Morgan fingerprint density at radius 1 is 1.11 bits per heavy atom. The minimum atomic E-state index is -0.819. The summed E-state index contributed by atoms with van der Waals surface area (Å²) in [4.78, 5) is 34.8. The summed E-state index contributed by atoms with van der Waals surface area (Å²) in [5.41, 5.74) is 2.10. The van der Waals surface area contributed by atoms with Gasteiger partial charge in [-0.3, -0.25) is 18.9 Å². The van der Waals surface area contributed by atoms with Crippen molar-refractivity contribution < 1.29 is 24.5 Å². The fourth-order valence-electron chi connectivity index (χ4n) is 4.97. The third-order valence-electron chi connectivity index (χ3n) is 6.63. The molecule has 2 aliphatic heterocycles. The topological polar surface area (TPSA) is 108 Å². The van der Waals surface area contributed by atoms with Crippen LogP contribution in [0.1, 0.15) is 29.4 Å². The lowest BCUT2D eigenvalue weighted by molar-refractivity contribution is -0.140. The molecule has 2 N–H and O–H groups in total. The molecule has 1 atom stereocenters. The molecule has 2 fully saturated rings. The summed E-state index contributed by atoms with van der Waals surface area (Å²) in [6.45, 7) is 5.91. The highest BCUT2D eigenvalue weighted by molar-refractivity contribution is 6.46. The van der Waals surface area contributed by atoms with Crippen molar-refractivity contribution in [2.75, 3.05) is 39.4 Å². The van der Waals surface area contributed by atoms with Crippen molar-refractivity contribution in [3.8, 4) is 5.75 Å². The molecule has 35 heavy (non-hydrogen) atoms. The number of aryl methyl sites for hydroxylation is 1. The van der Waals surface area contributed by atoms with E-state index in [1.807, 2.05) is 12.1 Å². The summed E-state index contributed by atoms with van der Waals surface area (Å²) in [6.07, 6.45) is 2.42. The molecular formula is C26H28N4O5. The summed E-state index contributed by atoms with van der Waals surface area (Å²) in [5.74, 6) is -1.66. The number of Topliss-reactive ketones (excluding diaryl/α,β-unsaturated/α-hetero) is 1. The van der Waals surface area contributed by atoms with Gasteiger partial charge in [-0.25, -0.2) is 4.98 Å². The number of morpholine rings is 1. The van der Waals surface area contributed by atoms with Crippen LogP contribution in [0.15, 0.2) is 54.2 Å². The fourth-order valence-corrected chi connectivity index (χ4v) is 4.97. The van der Waals surface area contributed by atoms with Gasteiger partial charge in [0.25, 0.3) is 11.7 Å². The number of ether oxygens (including phenoxy) is 1. The van der Waals surface area contributed by atoms with Crippen LogP contribution in [0.4, 0.5) is 0 Å². The Bertz CT molecular complexity index is 1310. The lowest BCUT2D eigenvalue weighted by Gasteiger charge is -2.29. The zero-order valence-electron chi connectivity index (χ0n) is 19.6. The number of aromatic hydroxyl groups is 1. The van der Waals surface area contributed by atoms with Gasteiger partial charge in [-0.15, -0.1) is 0 Å². The number of aromatic nitrogens is 2. The van der Waals surface area contributed by atoms with E-state index >= 15 is 0 Å². The number of carbonyl (C=O) groups is 2. The predicted octanol–water partition coefficient (Wildman–Crippen LogP) is 2.49. The van der Waals surface area contributed by atoms with Gasteiger partial charge in [0.1, 0.15) is 17.1 Å². The largest absolute Gasteiger partial charge is 0.508 e. The number of nitrogens with zero attached hydrogens (tertiary/aromatic N) is 4. The summed E-state index contributed by atoms with van der Waals surface area (Å²) in [7, 11) is 0. The minimum Gasteiger partial charge on any atom is -0.508 e. The molecular weight excluding hydrogens is 448 g/mol. The van der Waals surface area contributed by atoms with Crippen molar-refractivity contribution in [2.45, 2.75) is 19.4 Å². The number of pyridine rings is 1. The van der Waals surface area contributed by atoms with E-state index in [2.05, 4.69) is 9.88 Å². The molecule has 1 aromatic carbocycles. The summed E-state index contributed by atoms with van der Waals surface area (Å²) in [5, 5.41) is 21.6. The highest BCUT2D eigenvalue weighted by Crippen LogP contribution is 2.40. The van der Waals surface area contributed by atoms with E-state index in [4.69, 9.17) is 4.74 Å². The average molecular weight is 477 g/mol. The smallest absolute Gasteiger partial charge is 0.295 e. The average Bonchev–Trinajstić information content (AvgIpc) is 3.32. The van der Waals surface area contributed by atoms with Crippen LogP contribution in [0, 0.1) is 6.92 Å². The van der Waals surface area contributed by atoms with Gasteiger partial charge in [-0.05, 0) is 43.2 Å². The molecule has 9 nitrogen and oxygen atoms in total. The molecule has 182 valence electrons. The summed E-state index contributed by atoms with van der Waals surface area (Å²) >= 11 is 0. The lowest BCUT2D eigenvalue weighted by atomic mass is 9.96. The number of ketones is 1. The van der Waals surface area contributed by atoms with Gasteiger partial charge in [0.05, 0.1) is 30.5 Å². The van der Waals surface area contributed by atoms with E-state index in [1.165, 1.54) is 17.0 Å². The molecule has 2 aromatic heterocycles. The summed E-state index contributed by atoms with van der Waals surface area (Å²) in [6, 6.07) is 11.1. The van der Waals surface area contributed by atoms with Gasteiger partial charge in [0.15, 0.2) is 5.76 Å². The van der Waals surface area contributed by atoms with E-state index in [1.54, 1.807) is 35.7 Å². The number of phenols is 1. The van der Waals surface area contributed by atoms with Gasteiger partial charge >= 0.3 is 0 Å².